The van der Waals surface area contributed by atoms with E-state index in [0.29, 0.717) is 18.0 Å². The van der Waals surface area contributed by atoms with E-state index in [1.165, 1.54) is 0 Å². The van der Waals surface area contributed by atoms with Crippen LogP contribution in [0.4, 0.5) is 4.79 Å². The third kappa shape index (κ3) is 6.97. The van der Waals surface area contributed by atoms with E-state index >= 15 is 0 Å². The van der Waals surface area contributed by atoms with Crippen LogP contribution in [0.5, 0.6) is 0 Å². The van der Waals surface area contributed by atoms with Crippen LogP contribution in [0.3, 0.4) is 0 Å². The predicted octanol–water partition coefficient (Wildman–Crippen LogP) is 2.61. The molecule has 0 aromatic rings. The van der Waals surface area contributed by atoms with Gasteiger partial charge in [-0.25, -0.2) is 4.79 Å². The molecule has 1 rings (SSSR count). The summed E-state index contributed by atoms with van der Waals surface area (Å²) in [5, 5.41) is 6.65. The number of alkyl carbamates (subject to hydrolysis) is 1. The number of hydrogen-bond acceptors (Lipinski definition) is 4. The topological polar surface area (TPSA) is 53.6 Å². The third-order valence-corrected chi connectivity index (χ3v) is 4.20. The molecule has 0 aromatic heterocycles. The quantitative estimate of drug-likeness (QED) is 0.791. The van der Waals surface area contributed by atoms with Crippen LogP contribution in [-0.4, -0.2) is 55.4 Å². The highest BCUT2D eigenvalue weighted by Gasteiger charge is 2.28. The van der Waals surface area contributed by atoms with Crippen LogP contribution in [-0.2, 0) is 4.74 Å². The highest BCUT2D eigenvalue weighted by molar-refractivity contribution is 5.68. The van der Waals surface area contributed by atoms with Crippen molar-refractivity contribution in [2.24, 2.45) is 5.92 Å². The fourth-order valence-electron chi connectivity index (χ4n) is 3.07. The zero-order valence-corrected chi connectivity index (χ0v) is 15.4. The minimum atomic E-state index is -0.434. The number of carbonyl (C=O) groups is 1. The minimum absolute atomic E-state index is 0.226. The van der Waals surface area contributed by atoms with Crippen molar-refractivity contribution in [3.8, 4) is 0 Å². The lowest BCUT2D eigenvalue weighted by Gasteiger charge is -2.29. The summed E-state index contributed by atoms with van der Waals surface area (Å²) in [6.07, 6.45) is 2.81. The first-order chi connectivity index (χ1) is 10.1. The lowest BCUT2D eigenvalue weighted by molar-refractivity contribution is 0.0505. The fourth-order valence-corrected chi connectivity index (χ4v) is 3.07. The predicted molar refractivity (Wildman–Crippen MR) is 91.1 cm³/mol. The van der Waals surface area contributed by atoms with E-state index in [1.807, 2.05) is 20.8 Å². The molecule has 1 aliphatic carbocycles. The van der Waals surface area contributed by atoms with Crippen molar-refractivity contribution >= 4 is 6.09 Å². The highest BCUT2D eigenvalue weighted by atomic mass is 16.6. The normalized spacial score (nSPS) is 23.9. The molecule has 2 N–H and O–H groups in total. The number of amides is 1. The summed E-state index contributed by atoms with van der Waals surface area (Å²) < 4.78 is 5.32. The summed E-state index contributed by atoms with van der Waals surface area (Å²) in [6, 6.07) is 1.25. The molecule has 0 saturated heterocycles. The molecule has 1 aliphatic rings. The van der Waals surface area contributed by atoms with Crippen molar-refractivity contribution in [3.05, 3.63) is 0 Å². The second-order valence-corrected chi connectivity index (χ2v) is 8.04. The van der Waals surface area contributed by atoms with Crippen molar-refractivity contribution in [2.45, 2.75) is 77.6 Å². The van der Waals surface area contributed by atoms with E-state index in [9.17, 15) is 4.79 Å². The Balaban J connectivity index is 2.32. The molecule has 22 heavy (non-hydrogen) atoms. The van der Waals surface area contributed by atoms with Gasteiger partial charge in [0.25, 0.3) is 0 Å². The molecular weight excluding hydrogens is 278 g/mol. The van der Waals surface area contributed by atoms with E-state index in [-0.39, 0.29) is 12.1 Å². The van der Waals surface area contributed by atoms with Gasteiger partial charge in [-0.2, -0.15) is 0 Å². The van der Waals surface area contributed by atoms with Crippen LogP contribution < -0.4 is 10.6 Å². The summed E-state index contributed by atoms with van der Waals surface area (Å²) >= 11 is 0. The second kappa shape index (κ2) is 8.16. The van der Waals surface area contributed by atoms with Crippen molar-refractivity contribution in [1.29, 1.82) is 0 Å². The average Bonchev–Trinajstić information content (AvgIpc) is 2.73. The Kier molecular flexibility index (Phi) is 7.13. The van der Waals surface area contributed by atoms with Crippen LogP contribution in [0.2, 0.25) is 0 Å². The third-order valence-electron chi connectivity index (χ3n) is 4.20. The van der Waals surface area contributed by atoms with Crippen LogP contribution in [0.1, 0.15) is 53.9 Å². The van der Waals surface area contributed by atoms with Gasteiger partial charge in [-0.05, 0) is 60.0 Å². The SMILES string of the molecule is CC(C)C(CNC1CCC(NC(=O)OC(C)(C)C)C1)N(C)C. The Bertz CT molecular complexity index is 342. The van der Waals surface area contributed by atoms with Gasteiger partial charge >= 0.3 is 6.09 Å². The van der Waals surface area contributed by atoms with Crippen LogP contribution in [0.25, 0.3) is 0 Å². The number of nitrogens with zero attached hydrogens (tertiary/aromatic N) is 1. The Hall–Kier alpha value is -0.810. The smallest absolute Gasteiger partial charge is 0.407 e. The van der Waals surface area contributed by atoms with Gasteiger partial charge in [-0.1, -0.05) is 13.8 Å². The number of likely N-dealkylation sites (N-methyl/N-ethyl adjacent to an activating group) is 1. The Morgan fingerprint density at radius 2 is 1.82 bits per heavy atom. The van der Waals surface area contributed by atoms with E-state index in [0.717, 1.165) is 25.8 Å². The minimum Gasteiger partial charge on any atom is -0.444 e. The summed E-state index contributed by atoms with van der Waals surface area (Å²) in [7, 11) is 4.27. The van der Waals surface area contributed by atoms with E-state index in [2.05, 4.69) is 43.5 Å². The van der Waals surface area contributed by atoms with Crippen LogP contribution in [0, 0.1) is 5.92 Å². The van der Waals surface area contributed by atoms with Gasteiger partial charge < -0.3 is 20.3 Å². The molecule has 0 bridgehead atoms. The molecule has 5 heteroatoms. The Morgan fingerprint density at radius 3 is 2.32 bits per heavy atom. The van der Waals surface area contributed by atoms with E-state index in [1.54, 1.807) is 0 Å². The van der Waals surface area contributed by atoms with Crippen LogP contribution in [0.15, 0.2) is 0 Å². The van der Waals surface area contributed by atoms with Gasteiger partial charge in [0.05, 0.1) is 0 Å². The molecule has 0 radical (unpaired) electrons. The van der Waals surface area contributed by atoms with Gasteiger partial charge in [0.1, 0.15) is 5.60 Å². The lowest BCUT2D eigenvalue weighted by atomic mass is 10.0. The van der Waals surface area contributed by atoms with Crippen molar-refractivity contribution in [1.82, 2.24) is 15.5 Å². The van der Waals surface area contributed by atoms with Crippen molar-refractivity contribution in [3.63, 3.8) is 0 Å². The maximum absolute atomic E-state index is 11.8. The first-order valence-corrected chi connectivity index (χ1v) is 8.48. The van der Waals surface area contributed by atoms with E-state index in [4.69, 9.17) is 4.74 Å². The standard InChI is InChI=1S/C17H35N3O2/c1-12(2)15(20(6)7)11-18-13-8-9-14(10-13)19-16(21)22-17(3,4)5/h12-15,18H,8-11H2,1-7H3,(H,19,21). The van der Waals surface area contributed by atoms with Crippen LogP contribution >= 0.6 is 0 Å². The maximum atomic E-state index is 11.8. The molecular formula is C17H35N3O2. The molecule has 130 valence electrons. The summed E-state index contributed by atoms with van der Waals surface area (Å²) in [5.41, 5.74) is -0.434. The molecule has 1 amide bonds. The number of rotatable bonds is 6. The number of hydrogen-bond donors (Lipinski definition) is 2. The fraction of sp³-hybridized carbons (Fsp3) is 0.941. The van der Waals surface area contributed by atoms with Gasteiger partial charge in [0, 0.05) is 24.7 Å². The zero-order chi connectivity index (χ0) is 16.9. The van der Waals surface area contributed by atoms with Crippen molar-refractivity contribution in [2.75, 3.05) is 20.6 Å². The van der Waals surface area contributed by atoms with Gasteiger partial charge in [-0.3, -0.25) is 0 Å². The molecule has 3 unspecified atom stereocenters. The molecule has 1 fully saturated rings. The largest absolute Gasteiger partial charge is 0.444 e. The number of ether oxygens (including phenoxy) is 1. The van der Waals surface area contributed by atoms with Gasteiger partial charge in [0.15, 0.2) is 0 Å². The number of carbonyl (C=O) groups excluding carboxylic acids is 1. The molecule has 0 aliphatic heterocycles. The lowest BCUT2D eigenvalue weighted by Crippen LogP contribution is -2.44. The zero-order valence-electron chi connectivity index (χ0n) is 15.4. The van der Waals surface area contributed by atoms with Gasteiger partial charge in [0.2, 0.25) is 0 Å². The molecule has 0 aromatic carbocycles. The molecule has 0 heterocycles. The molecule has 5 nitrogen and oxygen atoms in total. The summed E-state index contributed by atoms with van der Waals surface area (Å²) in [5.74, 6) is 0.625. The van der Waals surface area contributed by atoms with E-state index < -0.39 is 5.60 Å². The summed E-state index contributed by atoms with van der Waals surface area (Å²) in [6.45, 7) is 11.2. The Morgan fingerprint density at radius 1 is 1.23 bits per heavy atom. The molecule has 0 spiro atoms. The molecule has 1 saturated carbocycles. The monoisotopic (exact) mass is 313 g/mol. The maximum Gasteiger partial charge on any atom is 0.407 e. The van der Waals surface area contributed by atoms with Gasteiger partial charge in [-0.15, -0.1) is 0 Å². The summed E-state index contributed by atoms with van der Waals surface area (Å²) in [4.78, 5) is 14.1. The number of nitrogens with one attached hydrogen (secondary N) is 2. The average molecular weight is 313 g/mol. The highest BCUT2D eigenvalue weighted by Crippen LogP contribution is 2.20. The Labute approximate surface area is 136 Å². The molecule has 3 atom stereocenters. The van der Waals surface area contributed by atoms with Crippen molar-refractivity contribution < 1.29 is 9.53 Å². The second-order valence-electron chi connectivity index (χ2n) is 8.04. The first kappa shape index (κ1) is 19.2. The first-order valence-electron chi connectivity index (χ1n) is 8.48.